The van der Waals surface area contributed by atoms with E-state index >= 15 is 0 Å². The monoisotopic (exact) mass is 380 g/mol. The van der Waals surface area contributed by atoms with Crippen molar-refractivity contribution in [3.63, 3.8) is 0 Å². The summed E-state index contributed by atoms with van der Waals surface area (Å²) in [5.41, 5.74) is 1.07. The predicted molar refractivity (Wildman–Crippen MR) is 102 cm³/mol. The number of fused-ring (bicyclic) bond motifs is 1. The van der Waals surface area contributed by atoms with Crippen molar-refractivity contribution in [2.45, 2.75) is 45.6 Å². The highest BCUT2D eigenvalue weighted by Crippen LogP contribution is 2.26. The standard InChI is InChI=1S/C19H26ClFN4O/c1-19(2,3)24-17(26)11-25-6-4-12(5-7-25)8-16-22-15-10-13(21)9-14(20)18(15)23-16/h9-10,12H,4-8,11H2,1-3H3,(H,22,23)(H,24,26). The van der Waals surface area contributed by atoms with Crippen molar-refractivity contribution < 1.29 is 9.18 Å². The number of hydrogen-bond acceptors (Lipinski definition) is 3. The highest BCUT2D eigenvalue weighted by Gasteiger charge is 2.23. The second-order valence-corrected chi connectivity index (χ2v) is 8.60. The molecule has 2 N–H and O–H groups in total. The Balaban J connectivity index is 1.53. The molecule has 2 aromatic rings. The highest BCUT2D eigenvalue weighted by atomic mass is 35.5. The molecule has 142 valence electrons. The first-order chi connectivity index (χ1) is 12.2. The van der Waals surface area contributed by atoms with Crippen LogP contribution in [0.4, 0.5) is 4.39 Å². The fourth-order valence-electron chi connectivity index (χ4n) is 3.47. The van der Waals surface area contributed by atoms with Gasteiger partial charge in [-0.15, -0.1) is 0 Å². The molecular formula is C19H26ClFN4O. The summed E-state index contributed by atoms with van der Waals surface area (Å²) in [6, 6.07) is 2.71. The number of imidazole rings is 1. The molecule has 0 radical (unpaired) electrons. The van der Waals surface area contributed by atoms with Crippen LogP contribution in [0.3, 0.4) is 0 Å². The molecule has 2 heterocycles. The lowest BCUT2D eigenvalue weighted by molar-refractivity contribution is -0.124. The molecule has 1 amide bonds. The number of piperidine rings is 1. The summed E-state index contributed by atoms with van der Waals surface area (Å²) in [6.07, 6.45) is 2.85. The molecule has 0 saturated carbocycles. The van der Waals surface area contributed by atoms with Crippen LogP contribution in [0.1, 0.15) is 39.4 Å². The number of rotatable bonds is 4. The molecule has 1 aromatic carbocycles. The molecule has 1 aliphatic heterocycles. The van der Waals surface area contributed by atoms with Gasteiger partial charge in [0.1, 0.15) is 17.2 Å². The van der Waals surface area contributed by atoms with Gasteiger partial charge in [-0.25, -0.2) is 9.37 Å². The van der Waals surface area contributed by atoms with Gasteiger partial charge in [0.25, 0.3) is 0 Å². The van der Waals surface area contributed by atoms with Gasteiger partial charge in [-0.3, -0.25) is 9.69 Å². The van der Waals surface area contributed by atoms with Gasteiger partial charge in [0.05, 0.1) is 17.1 Å². The fraction of sp³-hybridized carbons (Fsp3) is 0.579. The van der Waals surface area contributed by atoms with E-state index in [1.165, 1.54) is 12.1 Å². The second kappa shape index (κ2) is 7.53. The molecule has 1 aliphatic rings. The van der Waals surface area contributed by atoms with Crippen molar-refractivity contribution in [2.24, 2.45) is 5.92 Å². The van der Waals surface area contributed by atoms with Crippen molar-refractivity contribution in [3.05, 3.63) is 28.8 Å². The number of benzene rings is 1. The summed E-state index contributed by atoms with van der Waals surface area (Å²) in [7, 11) is 0. The van der Waals surface area contributed by atoms with Crippen LogP contribution in [-0.2, 0) is 11.2 Å². The first-order valence-electron chi connectivity index (χ1n) is 9.06. The zero-order valence-corrected chi connectivity index (χ0v) is 16.3. The molecule has 0 unspecified atom stereocenters. The molecular weight excluding hydrogens is 355 g/mol. The largest absolute Gasteiger partial charge is 0.350 e. The average molecular weight is 381 g/mol. The van der Waals surface area contributed by atoms with Gasteiger partial charge in [-0.1, -0.05) is 11.6 Å². The number of H-pyrrole nitrogens is 1. The molecule has 0 atom stereocenters. The summed E-state index contributed by atoms with van der Waals surface area (Å²) in [6.45, 7) is 8.22. The Kier molecular flexibility index (Phi) is 5.53. The Labute approximate surface area is 158 Å². The number of aromatic amines is 1. The van der Waals surface area contributed by atoms with Crippen molar-refractivity contribution >= 4 is 28.5 Å². The summed E-state index contributed by atoms with van der Waals surface area (Å²) < 4.78 is 13.4. The molecule has 1 aromatic heterocycles. The van der Waals surface area contributed by atoms with Crippen LogP contribution < -0.4 is 5.32 Å². The SMILES string of the molecule is CC(C)(C)NC(=O)CN1CCC(Cc2nc3c(Cl)cc(F)cc3[nH]2)CC1. The number of halogens is 2. The predicted octanol–water partition coefficient (Wildman–Crippen LogP) is 3.52. The number of amides is 1. The molecule has 26 heavy (non-hydrogen) atoms. The third kappa shape index (κ3) is 4.95. The Bertz CT molecular complexity index is 791. The van der Waals surface area contributed by atoms with Gasteiger partial charge in [0, 0.05) is 12.0 Å². The van der Waals surface area contributed by atoms with Crippen molar-refractivity contribution in [2.75, 3.05) is 19.6 Å². The van der Waals surface area contributed by atoms with E-state index in [-0.39, 0.29) is 17.3 Å². The van der Waals surface area contributed by atoms with Crippen molar-refractivity contribution in [1.29, 1.82) is 0 Å². The highest BCUT2D eigenvalue weighted by molar-refractivity contribution is 6.34. The van der Waals surface area contributed by atoms with E-state index in [0.717, 1.165) is 38.2 Å². The van der Waals surface area contributed by atoms with E-state index in [0.29, 0.717) is 28.5 Å². The zero-order chi connectivity index (χ0) is 18.9. The molecule has 7 heteroatoms. The maximum Gasteiger partial charge on any atom is 0.234 e. The number of carbonyl (C=O) groups excluding carboxylic acids is 1. The van der Waals surface area contributed by atoms with Gasteiger partial charge >= 0.3 is 0 Å². The van der Waals surface area contributed by atoms with E-state index in [9.17, 15) is 9.18 Å². The normalized spacial score (nSPS) is 17.0. The van der Waals surface area contributed by atoms with E-state index in [2.05, 4.69) is 20.2 Å². The first-order valence-corrected chi connectivity index (χ1v) is 9.44. The fourth-order valence-corrected chi connectivity index (χ4v) is 3.72. The van der Waals surface area contributed by atoms with Gasteiger partial charge in [0.2, 0.25) is 5.91 Å². The number of nitrogens with one attached hydrogen (secondary N) is 2. The molecule has 0 spiro atoms. The Morgan fingerprint density at radius 3 is 2.73 bits per heavy atom. The van der Waals surface area contributed by atoms with Crippen molar-refractivity contribution in [1.82, 2.24) is 20.2 Å². The number of carbonyl (C=O) groups is 1. The summed E-state index contributed by atoms with van der Waals surface area (Å²) in [5.74, 6) is 1.06. The van der Waals surface area contributed by atoms with Crippen LogP contribution in [0.15, 0.2) is 12.1 Å². The van der Waals surface area contributed by atoms with Gasteiger partial charge in [-0.05, 0) is 64.8 Å². The quantitative estimate of drug-likeness (QED) is 0.853. The number of nitrogens with zero attached hydrogens (tertiary/aromatic N) is 2. The Hall–Kier alpha value is -1.66. The molecule has 5 nitrogen and oxygen atoms in total. The number of hydrogen-bond donors (Lipinski definition) is 2. The van der Waals surface area contributed by atoms with Crippen LogP contribution in [0.2, 0.25) is 5.02 Å². The van der Waals surface area contributed by atoms with Crippen LogP contribution >= 0.6 is 11.6 Å². The smallest absolute Gasteiger partial charge is 0.234 e. The summed E-state index contributed by atoms with van der Waals surface area (Å²) >= 11 is 6.06. The van der Waals surface area contributed by atoms with E-state index in [4.69, 9.17) is 11.6 Å². The van der Waals surface area contributed by atoms with Crippen LogP contribution in [0.25, 0.3) is 11.0 Å². The topological polar surface area (TPSA) is 61.0 Å². The van der Waals surface area contributed by atoms with E-state index in [1.54, 1.807) is 0 Å². The third-order valence-corrected chi connectivity index (χ3v) is 4.91. The lowest BCUT2D eigenvalue weighted by atomic mass is 9.93. The lowest BCUT2D eigenvalue weighted by Gasteiger charge is -2.32. The molecule has 1 fully saturated rings. The van der Waals surface area contributed by atoms with Gasteiger partial charge in [-0.2, -0.15) is 0 Å². The van der Waals surface area contributed by atoms with Gasteiger partial charge in [0.15, 0.2) is 0 Å². The van der Waals surface area contributed by atoms with E-state index < -0.39 is 0 Å². The molecule has 0 bridgehead atoms. The minimum Gasteiger partial charge on any atom is -0.350 e. The Morgan fingerprint density at radius 1 is 1.38 bits per heavy atom. The third-order valence-electron chi connectivity index (χ3n) is 4.62. The number of aromatic nitrogens is 2. The second-order valence-electron chi connectivity index (χ2n) is 8.19. The molecule has 0 aliphatic carbocycles. The number of likely N-dealkylation sites (tertiary alicyclic amines) is 1. The molecule has 1 saturated heterocycles. The minimum atomic E-state index is -0.362. The average Bonchev–Trinajstić information content (AvgIpc) is 2.90. The van der Waals surface area contributed by atoms with Crippen molar-refractivity contribution in [3.8, 4) is 0 Å². The summed E-state index contributed by atoms with van der Waals surface area (Å²) in [5, 5.41) is 3.34. The van der Waals surface area contributed by atoms with Crippen LogP contribution in [-0.4, -0.2) is 45.9 Å². The maximum atomic E-state index is 13.4. The van der Waals surface area contributed by atoms with Gasteiger partial charge < -0.3 is 10.3 Å². The lowest BCUT2D eigenvalue weighted by Crippen LogP contribution is -2.47. The maximum absolute atomic E-state index is 13.4. The van der Waals surface area contributed by atoms with Crippen LogP contribution in [0.5, 0.6) is 0 Å². The minimum absolute atomic E-state index is 0.0740. The zero-order valence-electron chi connectivity index (χ0n) is 15.5. The van der Waals surface area contributed by atoms with Crippen LogP contribution in [0, 0.1) is 11.7 Å². The first kappa shape index (κ1) is 19.1. The van der Waals surface area contributed by atoms with E-state index in [1.807, 2.05) is 20.8 Å². The molecule has 3 rings (SSSR count). The Morgan fingerprint density at radius 2 is 2.08 bits per heavy atom. The summed E-state index contributed by atoms with van der Waals surface area (Å²) in [4.78, 5) is 21.9.